The van der Waals surface area contributed by atoms with Gasteiger partial charge in [-0.15, -0.1) is 0 Å². The summed E-state index contributed by atoms with van der Waals surface area (Å²) in [5.41, 5.74) is 1.73. The molecule has 0 N–H and O–H groups in total. The number of hydrogen-bond acceptors (Lipinski definition) is 5. The third-order valence-electron chi connectivity index (χ3n) is 6.26. The number of pyridine rings is 1. The van der Waals surface area contributed by atoms with Crippen molar-refractivity contribution in [2.24, 2.45) is 4.99 Å². The summed E-state index contributed by atoms with van der Waals surface area (Å²) in [7, 11) is 0. The van der Waals surface area contributed by atoms with E-state index in [1.54, 1.807) is 23.6 Å². The number of Topliss-reactive ketones (excluding diaryl/α,β-unsaturated/α-hetero) is 1. The molecule has 5 heterocycles. The van der Waals surface area contributed by atoms with Gasteiger partial charge >= 0.3 is 0 Å². The smallest absolute Gasteiger partial charge is 0.257 e. The lowest BCUT2D eigenvalue weighted by atomic mass is 9.80. The van der Waals surface area contributed by atoms with E-state index in [0.29, 0.717) is 28.1 Å². The van der Waals surface area contributed by atoms with E-state index in [1.807, 2.05) is 0 Å². The van der Waals surface area contributed by atoms with Crippen LogP contribution < -0.4 is 5.56 Å². The number of carbonyl (C=O) groups excluding carboxylic acids is 1. The molecule has 1 saturated heterocycles. The molecule has 8 heteroatoms. The first-order valence-corrected chi connectivity index (χ1v) is 9.47. The number of ketones is 1. The average Bonchev–Trinajstić information content (AvgIpc) is 3.35. The molecule has 1 aliphatic carbocycles. The van der Waals surface area contributed by atoms with Crippen molar-refractivity contribution in [3.8, 4) is 0 Å². The number of dihydropyridines is 1. The molecule has 148 valence electrons. The maximum Gasteiger partial charge on any atom is 0.257 e. The summed E-state index contributed by atoms with van der Waals surface area (Å²) >= 11 is 0. The van der Waals surface area contributed by atoms with E-state index >= 15 is 0 Å². The number of aromatic nitrogens is 1. The first-order chi connectivity index (χ1) is 13.9. The summed E-state index contributed by atoms with van der Waals surface area (Å²) in [6, 6.07) is 1.67. The molecule has 1 aromatic heterocycles. The van der Waals surface area contributed by atoms with Crippen molar-refractivity contribution in [2.75, 3.05) is 6.61 Å². The van der Waals surface area contributed by atoms with Crippen LogP contribution in [-0.2, 0) is 22.6 Å². The number of nitrogens with zero attached hydrogens (tertiary/aromatic N) is 2. The molecule has 0 spiro atoms. The summed E-state index contributed by atoms with van der Waals surface area (Å²) in [6.45, 7) is 2.33. The molecular formula is C21H16F2N2O4. The van der Waals surface area contributed by atoms with Crippen molar-refractivity contribution in [2.45, 2.75) is 44.2 Å². The molecule has 3 unspecified atom stereocenters. The topological polar surface area (TPSA) is 73.2 Å². The summed E-state index contributed by atoms with van der Waals surface area (Å²) in [5.74, 6) is -1.94. The number of rotatable bonds is 0. The zero-order valence-electron chi connectivity index (χ0n) is 15.5. The van der Waals surface area contributed by atoms with E-state index in [4.69, 9.17) is 14.5 Å². The second kappa shape index (κ2) is 5.46. The number of epoxide rings is 1. The van der Waals surface area contributed by atoms with Crippen LogP contribution in [0.1, 0.15) is 35.0 Å². The minimum Gasteiger partial charge on any atom is -0.374 e. The summed E-state index contributed by atoms with van der Waals surface area (Å²) in [4.78, 5) is 30.7. The van der Waals surface area contributed by atoms with Crippen LogP contribution in [0, 0.1) is 0 Å². The van der Waals surface area contributed by atoms with E-state index < -0.39 is 23.3 Å². The number of halogens is 2. The zero-order chi connectivity index (χ0) is 20.1. The van der Waals surface area contributed by atoms with Crippen molar-refractivity contribution in [1.82, 2.24) is 4.57 Å². The van der Waals surface area contributed by atoms with Gasteiger partial charge < -0.3 is 14.0 Å². The third-order valence-corrected chi connectivity index (χ3v) is 6.26. The number of hydrogen-bond donors (Lipinski definition) is 0. The minimum atomic E-state index is -0.953. The Kier molecular flexibility index (Phi) is 3.23. The van der Waals surface area contributed by atoms with Gasteiger partial charge in [-0.3, -0.25) is 14.6 Å². The quantitative estimate of drug-likeness (QED) is 0.629. The molecule has 6 nitrogen and oxygen atoms in total. The van der Waals surface area contributed by atoms with Gasteiger partial charge in [-0.1, -0.05) is 0 Å². The maximum atomic E-state index is 13.9. The Bertz CT molecular complexity index is 1210. The van der Waals surface area contributed by atoms with Crippen molar-refractivity contribution >= 4 is 11.5 Å². The van der Waals surface area contributed by atoms with Crippen molar-refractivity contribution in [3.05, 3.63) is 68.2 Å². The van der Waals surface area contributed by atoms with E-state index in [0.717, 1.165) is 5.57 Å². The Balaban J connectivity index is 1.53. The molecule has 6 rings (SSSR count). The Morgan fingerprint density at radius 3 is 2.93 bits per heavy atom. The standard InChI is InChI=1S/C21H16F2N2O4/c1-21-5-14(23)13(22)3-10(21)2-9-6-25-15(17(9)24-21)4-11-12(20(25)27)7-28-8-16-19(29-16)18(11)26/h2-4,16,19H,5-8H2,1H3. The van der Waals surface area contributed by atoms with Gasteiger partial charge in [0.1, 0.15) is 18.0 Å². The highest BCUT2D eigenvalue weighted by atomic mass is 19.2. The number of ether oxygens (including phenoxy) is 2. The van der Waals surface area contributed by atoms with Gasteiger partial charge in [0.2, 0.25) is 0 Å². The summed E-state index contributed by atoms with van der Waals surface area (Å²) in [5, 5.41) is 0. The van der Waals surface area contributed by atoms with Gasteiger partial charge in [0.05, 0.1) is 42.3 Å². The van der Waals surface area contributed by atoms with Gasteiger partial charge in [-0.2, -0.15) is 0 Å². The molecule has 0 radical (unpaired) electrons. The predicted molar refractivity (Wildman–Crippen MR) is 98.3 cm³/mol. The van der Waals surface area contributed by atoms with Crippen LogP contribution in [0.15, 0.2) is 50.8 Å². The number of aliphatic imine (C=N–C) groups is 1. The highest BCUT2D eigenvalue weighted by Gasteiger charge is 2.48. The van der Waals surface area contributed by atoms with Crippen LogP contribution in [-0.4, -0.2) is 40.4 Å². The monoisotopic (exact) mass is 398 g/mol. The molecule has 1 fully saturated rings. The number of carbonyl (C=O) groups is 1. The lowest BCUT2D eigenvalue weighted by Gasteiger charge is -2.33. The Labute approximate surface area is 163 Å². The lowest BCUT2D eigenvalue weighted by molar-refractivity contribution is 0.0923. The van der Waals surface area contributed by atoms with Crippen LogP contribution in [0.2, 0.25) is 0 Å². The van der Waals surface area contributed by atoms with Gasteiger partial charge in [0.15, 0.2) is 11.6 Å². The molecule has 1 aromatic rings. The summed E-state index contributed by atoms with van der Waals surface area (Å²) in [6.07, 6.45) is 1.93. The fourth-order valence-electron chi connectivity index (χ4n) is 4.58. The van der Waals surface area contributed by atoms with E-state index in [2.05, 4.69) is 0 Å². The van der Waals surface area contributed by atoms with Crippen molar-refractivity contribution < 1.29 is 23.0 Å². The largest absolute Gasteiger partial charge is 0.374 e. The fraction of sp³-hybridized carbons (Fsp3) is 0.381. The zero-order valence-corrected chi connectivity index (χ0v) is 15.5. The average molecular weight is 398 g/mol. The first-order valence-electron chi connectivity index (χ1n) is 9.47. The van der Waals surface area contributed by atoms with Gasteiger partial charge in [0, 0.05) is 12.0 Å². The Hall–Kier alpha value is -2.71. The normalized spacial score (nSPS) is 32.0. The fourth-order valence-corrected chi connectivity index (χ4v) is 4.58. The second-order valence-corrected chi connectivity index (χ2v) is 8.22. The first kappa shape index (κ1) is 17.2. The van der Waals surface area contributed by atoms with Crippen molar-refractivity contribution in [1.29, 1.82) is 0 Å². The SMILES string of the molecule is CC12CC(F)=C(F)C=C1C=C1Cn3c(cc4c(c3=O)COCC3OC3C4=O)C1=N2. The molecule has 0 bridgehead atoms. The molecule has 4 aliphatic heterocycles. The molecule has 0 aromatic carbocycles. The Morgan fingerprint density at radius 2 is 2.10 bits per heavy atom. The third kappa shape index (κ3) is 2.30. The number of allylic oxidation sites excluding steroid dienone is 3. The van der Waals surface area contributed by atoms with Crippen molar-refractivity contribution in [3.63, 3.8) is 0 Å². The van der Waals surface area contributed by atoms with E-state index in [-0.39, 0.29) is 43.6 Å². The van der Waals surface area contributed by atoms with Gasteiger partial charge in [-0.05, 0) is 36.3 Å². The maximum absolute atomic E-state index is 13.9. The predicted octanol–water partition coefficient (Wildman–Crippen LogP) is 2.31. The lowest BCUT2D eigenvalue weighted by Crippen LogP contribution is -2.32. The van der Waals surface area contributed by atoms with E-state index in [1.165, 1.54) is 6.08 Å². The Morgan fingerprint density at radius 1 is 1.28 bits per heavy atom. The summed E-state index contributed by atoms with van der Waals surface area (Å²) < 4.78 is 40.2. The van der Waals surface area contributed by atoms with Crippen LogP contribution in [0.25, 0.3) is 0 Å². The van der Waals surface area contributed by atoms with E-state index in [9.17, 15) is 18.4 Å². The van der Waals surface area contributed by atoms with Crippen LogP contribution in [0.4, 0.5) is 8.78 Å². The molecule has 3 atom stereocenters. The molecular weight excluding hydrogens is 382 g/mol. The number of fused-ring (bicyclic) bond motifs is 6. The van der Waals surface area contributed by atoms with Crippen LogP contribution >= 0.6 is 0 Å². The minimum absolute atomic E-state index is 0.0432. The second-order valence-electron chi connectivity index (χ2n) is 8.22. The molecule has 0 amide bonds. The highest BCUT2D eigenvalue weighted by molar-refractivity contribution is 6.16. The van der Waals surface area contributed by atoms with Gasteiger partial charge in [0.25, 0.3) is 5.56 Å². The molecule has 0 saturated carbocycles. The molecule has 5 aliphatic rings. The highest BCUT2D eigenvalue weighted by Crippen LogP contribution is 2.43. The van der Waals surface area contributed by atoms with Crippen LogP contribution in [0.3, 0.4) is 0 Å². The van der Waals surface area contributed by atoms with Gasteiger partial charge in [-0.25, -0.2) is 8.78 Å². The van der Waals surface area contributed by atoms with Crippen LogP contribution in [0.5, 0.6) is 0 Å². The molecule has 29 heavy (non-hydrogen) atoms.